The molecule has 1 aliphatic rings. The number of anilines is 1. The van der Waals surface area contributed by atoms with Crippen molar-refractivity contribution in [2.75, 3.05) is 11.9 Å². The first-order valence-corrected chi connectivity index (χ1v) is 6.53. The maximum atomic E-state index is 11.4. The number of hydrogen-bond acceptors (Lipinski definition) is 4. The van der Waals surface area contributed by atoms with Gasteiger partial charge in [-0.3, -0.25) is 4.79 Å². The van der Waals surface area contributed by atoms with Gasteiger partial charge in [-0.2, -0.15) is 0 Å². The molecule has 0 unspecified atom stereocenters. The van der Waals surface area contributed by atoms with Crippen molar-refractivity contribution in [3.05, 3.63) is 16.0 Å². The second kappa shape index (κ2) is 5.64. The molecule has 5 nitrogen and oxygen atoms in total. The number of hydrogen-bond donors (Lipinski definition) is 2. The average Bonchev–Trinajstić information content (AvgIpc) is 3.08. The molecule has 1 fully saturated rings. The summed E-state index contributed by atoms with van der Waals surface area (Å²) in [4.78, 5) is 19.3. The van der Waals surface area contributed by atoms with E-state index in [9.17, 15) is 4.79 Å². The smallest absolute Gasteiger partial charge is 0.221 e. The molecular formula is C10H12BrClN4O. The minimum absolute atomic E-state index is 0.0660. The zero-order valence-corrected chi connectivity index (χ0v) is 11.4. The summed E-state index contributed by atoms with van der Waals surface area (Å²) in [7, 11) is 0. The van der Waals surface area contributed by atoms with Crippen LogP contribution in [0.25, 0.3) is 0 Å². The van der Waals surface area contributed by atoms with Crippen LogP contribution in [-0.4, -0.2) is 28.5 Å². The molecule has 0 spiro atoms. The lowest BCUT2D eigenvalue weighted by molar-refractivity contribution is -0.120. The van der Waals surface area contributed by atoms with Gasteiger partial charge in [0.05, 0.1) is 4.47 Å². The van der Waals surface area contributed by atoms with Gasteiger partial charge in [-0.1, -0.05) is 11.6 Å². The lowest BCUT2D eigenvalue weighted by atomic mass is 10.4. The molecule has 1 aromatic heterocycles. The maximum absolute atomic E-state index is 11.4. The summed E-state index contributed by atoms with van der Waals surface area (Å²) in [5.74, 6) is 0.667. The van der Waals surface area contributed by atoms with E-state index in [4.69, 9.17) is 11.6 Å². The zero-order chi connectivity index (χ0) is 12.3. The average molecular weight is 320 g/mol. The SMILES string of the molecule is O=C(CCNc1ncnc(Cl)c1Br)NC1CC1. The van der Waals surface area contributed by atoms with Gasteiger partial charge in [0.15, 0.2) is 0 Å². The molecule has 7 heteroatoms. The quantitative estimate of drug-likeness (QED) is 0.814. The second-order valence-corrected chi connectivity index (χ2v) is 5.00. The Morgan fingerprint density at radius 2 is 2.29 bits per heavy atom. The van der Waals surface area contributed by atoms with E-state index in [-0.39, 0.29) is 5.91 Å². The summed E-state index contributed by atoms with van der Waals surface area (Å²) in [5.41, 5.74) is 0. The third-order valence-corrected chi connectivity index (χ3v) is 3.60. The number of nitrogens with one attached hydrogen (secondary N) is 2. The van der Waals surface area contributed by atoms with Gasteiger partial charge in [0.1, 0.15) is 17.3 Å². The molecule has 1 aromatic rings. The van der Waals surface area contributed by atoms with Gasteiger partial charge < -0.3 is 10.6 Å². The number of carbonyl (C=O) groups excluding carboxylic acids is 1. The topological polar surface area (TPSA) is 66.9 Å². The number of nitrogens with zero attached hydrogens (tertiary/aromatic N) is 2. The van der Waals surface area contributed by atoms with Crippen molar-refractivity contribution in [3.8, 4) is 0 Å². The van der Waals surface area contributed by atoms with Crippen molar-refractivity contribution in [2.24, 2.45) is 0 Å². The van der Waals surface area contributed by atoms with Crippen LogP contribution < -0.4 is 10.6 Å². The van der Waals surface area contributed by atoms with E-state index in [1.54, 1.807) is 0 Å². The molecule has 0 radical (unpaired) electrons. The summed E-state index contributed by atoms with van der Waals surface area (Å²) in [6.07, 6.45) is 4.00. The molecule has 1 amide bonds. The van der Waals surface area contributed by atoms with Crippen LogP contribution in [-0.2, 0) is 4.79 Å². The Bertz CT molecular complexity index is 425. The van der Waals surface area contributed by atoms with Gasteiger partial charge in [-0.15, -0.1) is 0 Å². The molecule has 0 aromatic carbocycles. The fraction of sp³-hybridized carbons (Fsp3) is 0.500. The van der Waals surface area contributed by atoms with Crippen LogP contribution in [0.3, 0.4) is 0 Å². The first-order chi connectivity index (χ1) is 8.16. The molecule has 0 saturated heterocycles. The van der Waals surface area contributed by atoms with Crippen molar-refractivity contribution < 1.29 is 4.79 Å². The summed E-state index contributed by atoms with van der Waals surface area (Å²) in [6, 6.07) is 0.405. The van der Waals surface area contributed by atoms with Gasteiger partial charge in [0.2, 0.25) is 5.91 Å². The molecule has 0 aliphatic heterocycles. The van der Waals surface area contributed by atoms with Crippen LogP contribution in [0.5, 0.6) is 0 Å². The predicted molar refractivity (Wildman–Crippen MR) is 69.0 cm³/mol. The third kappa shape index (κ3) is 3.81. The molecule has 17 heavy (non-hydrogen) atoms. The molecule has 1 aliphatic carbocycles. The maximum Gasteiger partial charge on any atom is 0.221 e. The van der Waals surface area contributed by atoms with Crippen molar-refractivity contribution >= 4 is 39.3 Å². The monoisotopic (exact) mass is 318 g/mol. The summed E-state index contributed by atoms with van der Waals surface area (Å²) >= 11 is 9.09. The highest BCUT2D eigenvalue weighted by molar-refractivity contribution is 9.10. The van der Waals surface area contributed by atoms with Gasteiger partial charge in [0.25, 0.3) is 0 Å². The summed E-state index contributed by atoms with van der Waals surface area (Å²) in [5, 5.41) is 6.30. The minimum Gasteiger partial charge on any atom is -0.368 e. The fourth-order valence-electron chi connectivity index (χ4n) is 1.29. The lowest BCUT2D eigenvalue weighted by Crippen LogP contribution is -2.27. The molecule has 2 N–H and O–H groups in total. The Kier molecular flexibility index (Phi) is 4.17. The minimum atomic E-state index is 0.0660. The Morgan fingerprint density at radius 3 is 3.00 bits per heavy atom. The number of amides is 1. The lowest BCUT2D eigenvalue weighted by Gasteiger charge is -2.07. The van der Waals surface area contributed by atoms with Gasteiger partial charge >= 0.3 is 0 Å². The molecule has 1 saturated carbocycles. The van der Waals surface area contributed by atoms with E-state index < -0.39 is 0 Å². The van der Waals surface area contributed by atoms with Gasteiger partial charge in [0, 0.05) is 19.0 Å². The fourth-order valence-corrected chi connectivity index (χ4v) is 1.77. The highest BCUT2D eigenvalue weighted by atomic mass is 79.9. The number of aromatic nitrogens is 2. The van der Waals surface area contributed by atoms with Crippen LogP contribution in [0.2, 0.25) is 5.15 Å². The first-order valence-electron chi connectivity index (χ1n) is 5.36. The highest BCUT2D eigenvalue weighted by Gasteiger charge is 2.22. The van der Waals surface area contributed by atoms with Gasteiger partial charge in [-0.05, 0) is 28.8 Å². The Morgan fingerprint density at radius 1 is 1.53 bits per heavy atom. The van der Waals surface area contributed by atoms with Gasteiger partial charge in [-0.25, -0.2) is 9.97 Å². The highest BCUT2D eigenvalue weighted by Crippen LogP contribution is 2.25. The largest absolute Gasteiger partial charge is 0.368 e. The normalized spacial score (nSPS) is 14.5. The standard InChI is InChI=1S/C10H12BrClN4O/c11-8-9(12)14-5-15-10(8)13-4-3-7(17)16-6-1-2-6/h5-6H,1-4H2,(H,16,17)(H,13,14,15). The van der Waals surface area contributed by atoms with Crippen molar-refractivity contribution in [3.63, 3.8) is 0 Å². The number of rotatable bonds is 5. The molecule has 2 rings (SSSR count). The summed E-state index contributed by atoms with van der Waals surface area (Å²) < 4.78 is 0.615. The Balaban J connectivity index is 1.77. The van der Waals surface area contributed by atoms with Crippen molar-refractivity contribution in [1.82, 2.24) is 15.3 Å². The Labute approximate surface area is 112 Å². The van der Waals surface area contributed by atoms with E-state index in [0.717, 1.165) is 12.8 Å². The van der Waals surface area contributed by atoms with E-state index in [2.05, 4.69) is 36.5 Å². The first kappa shape index (κ1) is 12.6. The van der Waals surface area contributed by atoms with E-state index in [0.29, 0.717) is 34.5 Å². The van der Waals surface area contributed by atoms with Crippen LogP contribution >= 0.6 is 27.5 Å². The molecule has 0 bridgehead atoms. The number of halogens is 2. The predicted octanol–water partition coefficient (Wildman–Crippen LogP) is 1.97. The van der Waals surface area contributed by atoms with Crippen LogP contribution in [0.15, 0.2) is 10.8 Å². The van der Waals surface area contributed by atoms with Crippen LogP contribution in [0, 0.1) is 0 Å². The molecule has 92 valence electrons. The van der Waals surface area contributed by atoms with E-state index in [1.807, 2.05) is 0 Å². The third-order valence-electron chi connectivity index (χ3n) is 2.33. The van der Waals surface area contributed by atoms with Crippen LogP contribution in [0.4, 0.5) is 5.82 Å². The molecule has 0 atom stereocenters. The van der Waals surface area contributed by atoms with E-state index in [1.165, 1.54) is 6.33 Å². The zero-order valence-electron chi connectivity index (χ0n) is 9.04. The van der Waals surface area contributed by atoms with Crippen LogP contribution in [0.1, 0.15) is 19.3 Å². The molecule has 1 heterocycles. The summed E-state index contributed by atoms with van der Waals surface area (Å²) in [6.45, 7) is 0.518. The second-order valence-electron chi connectivity index (χ2n) is 3.85. The Hall–Kier alpha value is -0.880. The van der Waals surface area contributed by atoms with E-state index >= 15 is 0 Å². The molecular weight excluding hydrogens is 307 g/mol. The van der Waals surface area contributed by atoms with Crippen molar-refractivity contribution in [1.29, 1.82) is 0 Å². The van der Waals surface area contributed by atoms with Crippen molar-refractivity contribution in [2.45, 2.75) is 25.3 Å². The number of carbonyl (C=O) groups is 1.